The Bertz CT molecular complexity index is 406. The van der Waals surface area contributed by atoms with Crippen molar-refractivity contribution < 1.29 is 4.79 Å². The molecule has 1 unspecified atom stereocenters. The van der Waals surface area contributed by atoms with Crippen molar-refractivity contribution in [3.05, 3.63) is 35.9 Å². The zero-order valence-corrected chi connectivity index (χ0v) is 11.7. The molecule has 1 aromatic carbocycles. The van der Waals surface area contributed by atoms with Gasteiger partial charge >= 0.3 is 0 Å². The van der Waals surface area contributed by atoms with Crippen LogP contribution in [0.4, 0.5) is 0 Å². The van der Waals surface area contributed by atoms with Gasteiger partial charge in [0.25, 0.3) is 0 Å². The topological polar surface area (TPSA) is 46.3 Å². The van der Waals surface area contributed by atoms with Gasteiger partial charge in [0.05, 0.1) is 4.99 Å². The molecule has 0 radical (unpaired) electrons. The smallest absolute Gasteiger partial charge is 0.222 e. The molecule has 1 amide bonds. The molecular weight excluding hydrogens is 244 g/mol. The number of hydrogen-bond acceptors (Lipinski definition) is 2. The van der Waals surface area contributed by atoms with Crippen molar-refractivity contribution in [1.29, 1.82) is 0 Å². The van der Waals surface area contributed by atoms with E-state index in [-0.39, 0.29) is 11.9 Å². The van der Waals surface area contributed by atoms with Gasteiger partial charge < -0.3 is 10.6 Å². The van der Waals surface area contributed by atoms with Crippen LogP contribution in [-0.4, -0.2) is 28.9 Å². The van der Waals surface area contributed by atoms with Gasteiger partial charge in [0.1, 0.15) is 0 Å². The molecule has 0 saturated carbocycles. The van der Waals surface area contributed by atoms with Gasteiger partial charge in [-0.15, -0.1) is 0 Å². The van der Waals surface area contributed by atoms with Gasteiger partial charge in [-0.3, -0.25) is 4.79 Å². The van der Waals surface area contributed by atoms with Gasteiger partial charge in [-0.25, -0.2) is 0 Å². The Kier molecular flexibility index (Phi) is 5.78. The molecule has 0 bridgehead atoms. The first-order valence-electron chi connectivity index (χ1n) is 6.08. The number of hydrogen-bond donors (Lipinski definition) is 1. The summed E-state index contributed by atoms with van der Waals surface area (Å²) in [4.78, 5) is 14.2. The number of benzene rings is 1. The number of nitrogens with two attached hydrogens (primary N) is 1. The van der Waals surface area contributed by atoms with E-state index in [1.165, 1.54) is 5.56 Å². The van der Waals surface area contributed by atoms with Crippen molar-refractivity contribution >= 4 is 23.1 Å². The van der Waals surface area contributed by atoms with Crippen LogP contribution in [0.5, 0.6) is 0 Å². The highest BCUT2D eigenvalue weighted by Gasteiger charge is 2.15. The lowest BCUT2D eigenvalue weighted by molar-refractivity contribution is -0.131. The molecule has 0 saturated heterocycles. The maximum Gasteiger partial charge on any atom is 0.222 e. The number of thiocarbonyl (C=S) groups is 1. The largest absolute Gasteiger partial charge is 0.393 e. The summed E-state index contributed by atoms with van der Waals surface area (Å²) in [7, 11) is 1.80. The van der Waals surface area contributed by atoms with Crippen molar-refractivity contribution in [3.8, 4) is 0 Å². The lowest BCUT2D eigenvalue weighted by Crippen LogP contribution is -2.37. The normalized spacial score (nSPS) is 11.9. The quantitative estimate of drug-likeness (QED) is 0.801. The molecule has 0 heterocycles. The maximum atomic E-state index is 12.0. The van der Waals surface area contributed by atoms with Crippen molar-refractivity contribution in [1.82, 2.24) is 4.90 Å². The summed E-state index contributed by atoms with van der Waals surface area (Å²) in [6, 6.07) is 10.1. The highest BCUT2D eigenvalue weighted by molar-refractivity contribution is 7.80. The first kappa shape index (κ1) is 14.6. The van der Waals surface area contributed by atoms with Crippen LogP contribution in [-0.2, 0) is 11.2 Å². The Morgan fingerprint density at radius 1 is 1.39 bits per heavy atom. The monoisotopic (exact) mass is 264 g/mol. The Balaban J connectivity index is 2.43. The van der Waals surface area contributed by atoms with Crippen molar-refractivity contribution in [2.45, 2.75) is 32.2 Å². The third kappa shape index (κ3) is 4.84. The fraction of sp³-hybridized carbons (Fsp3) is 0.429. The minimum atomic E-state index is 0.0609. The molecule has 0 fully saturated rings. The maximum absolute atomic E-state index is 12.0. The summed E-state index contributed by atoms with van der Waals surface area (Å²) in [6.45, 7) is 1.96. The SMILES string of the molecule is CC(CC(N)=S)N(C)C(=O)CCc1ccccc1. The van der Waals surface area contributed by atoms with Gasteiger partial charge in [-0.1, -0.05) is 42.5 Å². The summed E-state index contributed by atoms with van der Waals surface area (Å²) in [5.74, 6) is 0.127. The number of aryl methyl sites for hydroxylation is 1. The Labute approximate surface area is 114 Å². The fourth-order valence-corrected chi connectivity index (χ4v) is 1.99. The molecule has 98 valence electrons. The number of rotatable bonds is 6. The highest BCUT2D eigenvalue weighted by atomic mass is 32.1. The van der Waals surface area contributed by atoms with E-state index in [2.05, 4.69) is 0 Å². The lowest BCUT2D eigenvalue weighted by Gasteiger charge is -2.24. The van der Waals surface area contributed by atoms with E-state index in [1.807, 2.05) is 37.3 Å². The molecule has 0 spiro atoms. The number of carbonyl (C=O) groups is 1. The Morgan fingerprint density at radius 2 is 2.00 bits per heavy atom. The van der Waals surface area contributed by atoms with Crippen molar-refractivity contribution in [2.24, 2.45) is 5.73 Å². The van der Waals surface area contributed by atoms with Crippen LogP contribution in [0.15, 0.2) is 30.3 Å². The Hall–Kier alpha value is -1.42. The molecule has 0 aliphatic heterocycles. The molecule has 0 aliphatic rings. The summed E-state index contributed by atoms with van der Waals surface area (Å²) in [5.41, 5.74) is 6.67. The van der Waals surface area contributed by atoms with E-state index in [9.17, 15) is 4.79 Å². The first-order chi connectivity index (χ1) is 8.50. The zero-order chi connectivity index (χ0) is 13.5. The van der Waals surface area contributed by atoms with Gasteiger partial charge in [0.15, 0.2) is 0 Å². The first-order valence-corrected chi connectivity index (χ1v) is 6.49. The van der Waals surface area contributed by atoms with Crippen molar-refractivity contribution in [2.75, 3.05) is 7.05 Å². The Morgan fingerprint density at radius 3 is 2.56 bits per heavy atom. The van der Waals surface area contributed by atoms with Gasteiger partial charge in [0, 0.05) is 25.9 Å². The summed E-state index contributed by atoms with van der Waals surface area (Å²) < 4.78 is 0. The molecule has 18 heavy (non-hydrogen) atoms. The van der Waals surface area contributed by atoms with E-state index in [1.54, 1.807) is 11.9 Å². The molecule has 2 N–H and O–H groups in total. The van der Waals surface area contributed by atoms with Crippen LogP contribution < -0.4 is 5.73 Å². The third-order valence-electron chi connectivity index (χ3n) is 3.02. The lowest BCUT2D eigenvalue weighted by atomic mass is 10.1. The van der Waals surface area contributed by atoms with E-state index >= 15 is 0 Å². The molecule has 1 atom stereocenters. The zero-order valence-electron chi connectivity index (χ0n) is 10.9. The summed E-state index contributed by atoms with van der Waals surface area (Å²) in [5, 5.41) is 0. The van der Waals surface area contributed by atoms with E-state index in [4.69, 9.17) is 18.0 Å². The van der Waals surface area contributed by atoms with Crippen molar-refractivity contribution in [3.63, 3.8) is 0 Å². The second-order valence-electron chi connectivity index (χ2n) is 4.51. The third-order valence-corrected chi connectivity index (χ3v) is 3.19. The van der Waals surface area contributed by atoms with Gasteiger partial charge in [-0.05, 0) is 18.9 Å². The van der Waals surface area contributed by atoms with Crippen LogP contribution >= 0.6 is 12.2 Å². The van der Waals surface area contributed by atoms with E-state index < -0.39 is 0 Å². The van der Waals surface area contributed by atoms with Gasteiger partial charge in [-0.2, -0.15) is 0 Å². The van der Waals surface area contributed by atoms with E-state index in [0.29, 0.717) is 17.8 Å². The molecule has 3 nitrogen and oxygen atoms in total. The standard InChI is InChI=1S/C14H20N2OS/c1-11(10-13(15)18)16(2)14(17)9-8-12-6-4-3-5-7-12/h3-7,11H,8-10H2,1-2H3,(H2,15,18). The van der Waals surface area contributed by atoms with Crippen LogP contribution in [0.1, 0.15) is 25.3 Å². The fourth-order valence-electron chi connectivity index (χ4n) is 1.75. The predicted molar refractivity (Wildman–Crippen MR) is 78.4 cm³/mol. The van der Waals surface area contributed by atoms with Gasteiger partial charge in [0.2, 0.25) is 5.91 Å². The number of nitrogens with zero attached hydrogens (tertiary/aromatic N) is 1. The summed E-state index contributed by atoms with van der Waals surface area (Å²) >= 11 is 4.86. The molecule has 0 aliphatic carbocycles. The average molecular weight is 264 g/mol. The molecule has 4 heteroatoms. The molecular formula is C14H20N2OS. The summed E-state index contributed by atoms with van der Waals surface area (Å²) in [6.07, 6.45) is 1.86. The van der Waals surface area contributed by atoms with E-state index in [0.717, 1.165) is 6.42 Å². The predicted octanol–water partition coefficient (Wildman–Crippen LogP) is 2.14. The molecule has 0 aromatic heterocycles. The average Bonchev–Trinajstić information content (AvgIpc) is 2.35. The van der Waals surface area contributed by atoms with Crippen LogP contribution in [0.25, 0.3) is 0 Å². The van der Waals surface area contributed by atoms with Crippen LogP contribution in [0.3, 0.4) is 0 Å². The number of carbonyl (C=O) groups excluding carboxylic acids is 1. The molecule has 1 rings (SSSR count). The minimum absolute atomic E-state index is 0.0609. The van der Waals surface area contributed by atoms with Crippen LogP contribution in [0.2, 0.25) is 0 Å². The number of amides is 1. The highest BCUT2D eigenvalue weighted by Crippen LogP contribution is 2.07. The second-order valence-corrected chi connectivity index (χ2v) is 5.03. The minimum Gasteiger partial charge on any atom is -0.393 e. The molecule has 1 aromatic rings. The second kappa shape index (κ2) is 7.11. The van der Waals surface area contributed by atoms with Crippen LogP contribution in [0, 0.1) is 0 Å².